The first-order valence-electron chi connectivity index (χ1n) is 9.46. The summed E-state index contributed by atoms with van der Waals surface area (Å²) in [4.78, 5) is 9.42. The third-order valence-electron chi connectivity index (χ3n) is 4.39. The smallest absolute Gasteiger partial charge is 0.161 e. The molecule has 2 aromatic carbocycles. The van der Waals surface area contributed by atoms with Crippen molar-refractivity contribution < 1.29 is 9.84 Å². The van der Waals surface area contributed by atoms with E-state index < -0.39 is 0 Å². The molecule has 0 aliphatic carbocycles. The molecule has 0 amide bonds. The maximum atomic E-state index is 9.82. The first-order valence-corrected chi connectivity index (χ1v) is 10.2. The van der Waals surface area contributed by atoms with Crippen LogP contribution < -0.4 is 15.8 Å². The van der Waals surface area contributed by atoms with Gasteiger partial charge in [0.2, 0.25) is 0 Å². The van der Waals surface area contributed by atoms with Crippen LogP contribution in [0.2, 0.25) is 0 Å². The molecule has 0 bridgehead atoms. The molecule has 8 nitrogen and oxygen atoms in total. The van der Waals surface area contributed by atoms with Crippen LogP contribution in [0.15, 0.2) is 72.5 Å². The van der Waals surface area contributed by atoms with Crippen molar-refractivity contribution in [2.24, 2.45) is 0 Å². The number of nitrogens with two attached hydrogens (primary N) is 1. The van der Waals surface area contributed by atoms with E-state index in [-0.39, 0.29) is 23.0 Å². The molecule has 0 atom stereocenters. The van der Waals surface area contributed by atoms with Gasteiger partial charge in [0.15, 0.2) is 11.5 Å². The molecule has 3 rings (SSSR count). The van der Waals surface area contributed by atoms with Crippen molar-refractivity contribution in [3.63, 3.8) is 0 Å². The Labute approximate surface area is 185 Å². The minimum atomic E-state index is -0.00452. The number of anilines is 2. The van der Waals surface area contributed by atoms with Crippen molar-refractivity contribution >= 4 is 29.3 Å². The van der Waals surface area contributed by atoms with Crippen molar-refractivity contribution in [1.29, 1.82) is 5.41 Å². The number of hydrogen-bond acceptors (Lipinski definition) is 9. The number of ether oxygens (including phenoxy) is 1. The molecule has 0 radical (unpaired) electrons. The van der Waals surface area contributed by atoms with Gasteiger partial charge in [0.1, 0.15) is 18.0 Å². The second kappa shape index (κ2) is 10.4. The molecule has 31 heavy (non-hydrogen) atoms. The molecule has 1 heterocycles. The molecule has 9 heteroatoms. The zero-order chi connectivity index (χ0) is 22.2. The normalized spacial score (nSPS) is 10.4. The number of methoxy groups -OCH3 is 1. The quantitative estimate of drug-likeness (QED) is 0.280. The number of rotatable bonds is 10. The predicted octanol–water partition coefficient (Wildman–Crippen LogP) is 3.75. The van der Waals surface area contributed by atoms with Gasteiger partial charge in [-0.15, -0.1) is 0 Å². The maximum Gasteiger partial charge on any atom is 0.161 e. The van der Waals surface area contributed by atoms with Crippen LogP contribution >= 0.6 is 11.9 Å². The van der Waals surface area contributed by atoms with Crippen molar-refractivity contribution in [2.45, 2.75) is 4.90 Å². The second-order valence-electron chi connectivity index (χ2n) is 6.40. The van der Waals surface area contributed by atoms with E-state index in [1.165, 1.54) is 19.5 Å². The van der Waals surface area contributed by atoms with E-state index in [2.05, 4.69) is 21.9 Å². The van der Waals surface area contributed by atoms with Gasteiger partial charge < -0.3 is 25.2 Å². The number of phenols is 1. The molecule has 0 aliphatic heterocycles. The van der Waals surface area contributed by atoms with Crippen LogP contribution in [0.5, 0.6) is 11.5 Å². The van der Waals surface area contributed by atoms with E-state index in [1.807, 2.05) is 34.6 Å². The maximum absolute atomic E-state index is 9.82. The fourth-order valence-corrected chi connectivity index (χ4v) is 3.64. The van der Waals surface area contributed by atoms with Crippen molar-refractivity contribution in [3.8, 4) is 11.5 Å². The molecular weight excluding hydrogens is 412 g/mol. The lowest BCUT2D eigenvalue weighted by Gasteiger charge is -2.20. The highest BCUT2D eigenvalue weighted by Gasteiger charge is 2.17. The van der Waals surface area contributed by atoms with E-state index in [4.69, 9.17) is 15.9 Å². The molecule has 0 spiro atoms. The summed E-state index contributed by atoms with van der Waals surface area (Å²) in [6, 6.07) is 14.7. The van der Waals surface area contributed by atoms with Crippen LogP contribution in [0.25, 0.3) is 0 Å². The van der Waals surface area contributed by atoms with E-state index in [9.17, 15) is 5.11 Å². The van der Waals surface area contributed by atoms with E-state index in [0.717, 1.165) is 4.90 Å². The van der Waals surface area contributed by atoms with Crippen LogP contribution in [0.3, 0.4) is 0 Å². The fourth-order valence-electron chi connectivity index (χ4n) is 2.83. The average molecular weight is 437 g/mol. The minimum Gasteiger partial charge on any atom is -0.504 e. The number of phenolic OH excluding ortho intramolecular Hbond substituents is 1. The molecule has 160 valence electrons. The highest BCUT2D eigenvalue weighted by atomic mass is 32.2. The Morgan fingerprint density at radius 1 is 1.29 bits per heavy atom. The van der Waals surface area contributed by atoms with Gasteiger partial charge in [0.05, 0.1) is 18.4 Å². The fraction of sp³-hybridized carbons (Fsp3) is 0.136. The predicted molar refractivity (Wildman–Crippen MR) is 125 cm³/mol. The first kappa shape index (κ1) is 22.0. The summed E-state index contributed by atoms with van der Waals surface area (Å²) in [5.41, 5.74) is 7.11. The Bertz CT molecular complexity index is 1060. The van der Waals surface area contributed by atoms with Crippen LogP contribution in [-0.2, 0) is 0 Å². The number of aromatic hydroxyl groups is 1. The number of benzene rings is 2. The van der Waals surface area contributed by atoms with Crippen LogP contribution in [-0.4, -0.2) is 45.3 Å². The molecular formula is C22H24N6O2S. The molecule has 0 aliphatic rings. The van der Waals surface area contributed by atoms with Gasteiger partial charge in [0.25, 0.3) is 0 Å². The van der Waals surface area contributed by atoms with Gasteiger partial charge >= 0.3 is 0 Å². The van der Waals surface area contributed by atoms with E-state index in [0.29, 0.717) is 30.0 Å². The van der Waals surface area contributed by atoms with Crippen LogP contribution in [0, 0.1) is 5.41 Å². The zero-order valence-electron chi connectivity index (χ0n) is 17.1. The molecule has 1 aromatic heterocycles. The molecule has 5 N–H and O–H groups in total. The van der Waals surface area contributed by atoms with Gasteiger partial charge in [-0.1, -0.05) is 24.8 Å². The van der Waals surface area contributed by atoms with Crippen molar-refractivity contribution in [3.05, 3.63) is 78.8 Å². The number of nitrogens with one attached hydrogen (secondary N) is 2. The standard InChI is InChI=1S/C22H24N6O2S/c1-3-28(31-16-7-5-4-6-8-16)12-11-25-22-19(21(24)26-14-27-22)20(23)15-9-10-17(29)18(13-15)30-2/h3-10,13-14,23,29H,1,11-12H2,2H3,(H3,24,25,26,27). The van der Waals surface area contributed by atoms with Gasteiger partial charge in [-0.3, -0.25) is 5.41 Å². The first-order chi connectivity index (χ1) is 15.0. The monoisotopic (exact) mass is 436 g/mol. The number of hydrogen-bond donors (Lipinski definition) is 4. The largest absolute Gasteiger partial charge is 0.504 e. The minimum absolute atomic E-state index is 0.00452. The molecule has 0 saturated carbocycles. The molecule has 0 fully saturated rings. The molecule has 3 aromatic rings. The Balaban J connectivity index is 1.73. The summed E-state index contributed by atoms with van der Waals surface area (Å²) in [5, 5.41) is 21.7. The molecule has 0 saturated heterocycles. The lowest BCUT2D eigenvalue weighted by Crippen LogP contribution is -2.21. The number of nitrogen functional groups attached to an aromatic ring is 1. The van der Waals surface area contributed by atoms with Crippen molar-refractivity contribution in [2.75, 3.05) is 31.2 Å². The van der Waals surface area contributed by atoms with Gasteiger partial charge in [-0.2, -0.15) is 0 Å². The topological polar surface area (TPSA) is 120 Å². The summed E-state index contributed by atoms with van der Waals surface area (Å²) >= 11 is 1.58. The number of nitrogens with zero attached hydrogens (tertiary/aromatic N) is 3. The Morgan fingerprint density at radius 2 is 2.06 bits per heavy atom. The SMILES string of the molecule is C=CN(CCNc1ncnc(N)c1C(=N)c1ccc(O)c(OC)c1)Sc1ccccc1. The summed E-state index contributed by atoms with van der Waals surface area (Å²) < 4.78 is 7.15. The highest BCUT2D eigenvalue weighted by Crippen LogP contribution is 2.29. The summed E-state index contributed by atoms with van der Waals surface area (Å²) in [6.07, 6.45) is 3.12. The Morgan fingerprint density at radius 3 is 2.77 bits per heavy atom. The zero-order valence-corrected chi connectivity index (χ0v) is 17.9. The summed E-state index contributed by atoms with van der Waals surface area (Å²) in [6.45, 7) is 5.06. The molecule has 0 unspecified atom stereocenters. The lowest BCUT2D eigenvalue weighted by molar-refractivity contribution is 0.373. The average Bonchev–Trinajstić information content (AvgIpc) is 2.79. The van der Waals surface area contributed by atoms with Gasteiger partial charge in [0, 0.05) is 29.7 Å². The third kappa shape index (κ3) is 5.46. The third-order valence-corrected chi connectivity index (χ3v) is 5.44. The van der Waals surface area contributed by atoms with Crippen LogP contribution in [0.4, 0.5) is 11.6 Å². The van der Waals surface area contributed by atoms with Gasteiger partial charge in [-0.05, 0) is 42.3 Å². The van der Waals surface area contributed by atoms with Crippen molar-refractivity contribution in [1.82, 2.24) is 14.3 Å². The van der Waals surface area contributed by atoms with E-state index in [1.54, 1.807) is 30.3 Å². The summed E-state index contributed by atoms with van der Waals surface area (Å²) in [5.74, 6) is 0.911. The summed E-state index contributed by atoms with van der Waals surface area (Å²) in [7, 11) is 1.45. The van der Waals surface area contributed by atoms with E-state index >= 15 is 0 Å². The number of aromatic nitrogens is 2. The Kier molecular flexibility index (Phi) is 7.34. The van der Waals surface area contributed by atoms with Gasteiger partial charge in [-0.25, -0.2) is 9.97 Å². The highest BCUT2D eigenvalue weighted by molar-refractivity contribution is 7.97. The Hall–Kier alpha value is -3.72. The second-order valence-corrected chi connectivity index (χ2v) is 7.52. The lowest BCUT2D eigenvalue weighted by atomic mass is 10.0. The van der Waals surface area contributed by atoms with Crippen LogP contribution in [0.1, 0.15) is 11.1 Å².